The molecule has 0 atom stereocenters. The number of hydrogen-bond acceptors (Lipinski definition) is 6. The van der Waals surface area contributed by atoms with Crippen molar-refractivity contribution in [1.29, 1.82) is 5.26 Å². The molecule has 1 fully saturated rings. The maximum Gasteiger partial charge on any atom is 0.292 e. The van der Waals surface area contributed by atoms with Crippen LogP contribution in [0.25, 0.3) is 5.69 Å². The molecule has 8 nitrogen and oxygen atoms in total. The average molecular weight is 490 g/mol. The predicted molar refractivity (Wildman–Crippen MR) is 122 cm³/mol. The summed E-state index contributed by atoms with van der Waals surface area (Å²) < 4.78 is 28.7. The van der Waals surface area contributed by atoms with Crippen molar-refractivity contribution < 1.29 is 8.42 Å². The summed E-state index contributed by atoms with van der Waals surface area (Å²) in [5.74, 6) is 0. The van der Waals surface area contributed by atoms with Crippen molar-refractivity contribution in [2.24, 2.45) is 0 Å². The zero-order chi connectivity index (χ0) is 22.9. The number of anilines is 1. The van der Waals surface area contributed by atoms with Crippen LogP contribution in [-0.2, 0) is 10.0 Å². The van der Waals surface area contributed by atoms with Gasteiger partial charge in [-0.25, -0.2) is 8.42 Å². The van der Waals surface area contributed by atoms with Gasteiger partial charge in [0.25, 0.3) is 5.56 Å². The van der Waals surface area contributed by atoms with Gasteiger partial charge in [-0.15, -0.1) is 0 Å². The maximum atomic E-state index is 13.1. The molecule has 0 amide bonds. The Bertz CT molecular complexity index is 1360. The molecule has 0 bridgehead atoms. The summed E-state index contributed by atoms with van der Waals surface area (Å²) in [5, 5.41) is 13.8. The molecule has 164 valence electrons. The number of nitrogens with zero attached hydrogens (tertiary/aromatic N) is 5. The van der Waals surface area contributed by atoms with Crippen LogP contribution in [0.5, 0.6) is 0 Å². The first-order chi connectivity index (χ1) is 15.3. The highest BCUT2D eigenvalue weighted by atomic mass is 35.5. The molecular weight excluding hydrogens is 473 g/mol. The van der Waals surface area contributed by atoms with Gasteiger partial charge in [-0.05, 0) is 30.3 Å². The fourth-order valence-electron chi connectivity index (χ4n) is 3.51. The third kappa shape index (κ3) is 4.10. The molecule has 2 aromatic carbocycles. The number of para-hydroxylation sites is 1. The molecule has 0 aliphatic carbocycles. The topological polar surface area (TPSA) is 99.3 Å². The molecule has 3 aromatic rings. The average Bonchev–Trinajstić information content (AvgIpc) is 2.81. The molecule has 1 saturated heterocycles. The standard InChI is InChI=1S/C21H17Cl2N5O3S/c22-16-7-6-15(13-24)19(12-16)32(30,31)27-10-8-26(9-11-27)18-14-25-28(21(29)20(18)23)17-4-2-1-3-5-17/h1-7,12,14H,8-11H2. The van der Waals surface area contributed by atoms with Crippen molar-refractivity contribution in [2.75, 3.05) is 31.1 Å². The third-order valence-electron chi connectivity index (χ3n) is 5.16. The van der Waals surface area contributed by atoms with Crippen LogP contribution in [0.1, 0.15) is 5.56 Å². The Hall–Kier alpha value is -2.90. The minimum absolute atomic E-state index is 0.0155. The molecule has 11 heteroatoms. The van der Waals surface area contributed by atoms with E-state index in [1.54, 1.807) is 24.3 Å². The molecule has 1 aromatic heterocycles. The van der Waals surface area contributed by atoms with E-state index in [1.807, 2.05) is 17.0 Å². The van der Waals surface area contributed by atoms with E-state index in [1.165, 1.54) is 33.4 Å². The molecule has 2 heterocycles. The number of sulfonamides is 1. The van der Waals surface area contributed by atoms with Gasteiger partial charge in [-0.3, -0.25) is 4.79 Å². The molecule has 0 radical (unpaired) electrons. The minimum Gasteiger partial charge on any atom is -0.366 e. The SMILES string of the molecule is N#Cc1ccc(Cl)cc1S(=O)(=O)N1CCN(c2cnn(-c3ccccc3)c(=O)c2Cl)CC1. The number of aromatic nitrogens is 2. The Kier molecular flexibility index (Phi) is 6.22. The number of hydrogen-bond donors (Lipinski definition) is 0. The van der Waals surface area contributed by atoms with Crippen LogP contribution in [-0.4, -0.2) is 48.7 Å². The van der Waals surface area contributed by atoms with Crippen LogP contribution in [0.15, 0.2) is 64.4 Å². The van der Waals surface area contributed by atoms with Crippen LogP contribution in [0.3, 0.4) is 0 Å². The van der Waals surface area contributed by atoms with E-state index < -0.39 is 15.6 Å². The van der Waals surface area contributed by atoms with Gasteiger partial charge in [0.15, 0.2) is 0 Å². The van der Waals surface area contributed by atoms with Crippen LogP contribution >= 0.6 is 23.2 Å². The lowest BCUT2D eigenvalue weighted by Crippen LogP contribution is -2.49. The lowest BCUT2D eigenvalue weighted by molar-refractivity contribution is 0.384. The second kappa shape index (κ2) is 8.92. The zero-order valence-electron chi connectivity index (χ0n) is 16.6. The van der Waals surface area contributed by atoms with Gasteiger partial charge >= 0.3 is 0 Å². The summed E-state index contributed by atoms with van der Waals surface area (Å²) in [6.07, 6.45) is 1.51. The Morgan fingerprint density at radius 3 is 2.34 bits per heavy atom. The summed E-state index contributed by atoms with van der Waals surface area (Å²) in [6, 6.07) is 15.0. The molecule has 1 aliphatic rings. The highest BCUT2D eigenvalue weighted by molar-refractivity contribution is 7.89. The first kappa shape index (κ1) is 22.3. The summed E-state index contributed by atoms with van der Waals surface area (Å²) >= 11 is 12.3. The first-order valence-electron chi connectivity index (χ1n) is 9.61. The van der Waals surface area contributed by atoms with Gasteiger partial charge in [-0.2, -0.15) is 19.3 Å². The second-order valence-electron chi connectivity index (χ2n) is 7.04. The van der Waals surface area contributed by atoms with Gasteiger partial charge in [-0.1, -0.05) is 41.4 Å². The van der Waals surface area contributed by atoms with Crippen LogP contribution in [0.2, 0.25) is 10.0 Å². The molecule has 4 rings (SSSR count). The van der Waals surface area contributed by atoms with Crippen LogP contribution in [0.4, 0.5) is 5.69 Å². The van der Waals surface area contributed by atoms with Gasteiger partial charge in [0.05, 0.1) is 23.1 Å². The number of rotatable bonds is 4. The van der Waals surface area contributed by atoms with E-state index in [2.05, 4.69) is 5.10 Å². The Labute approximate surface area is 194 Å². The fourth-order valence-corrected chi connectivity index (χ4v) is 5.58. The molecule has 0 unspecified atom stereocenters. The number of benzene rings is 2. The zero-order valence-corrected chi connectivity index (χ0v) is 19.0. The normalized spacial score (nSPS) is 14.8. The first-order valence-corrected chi connectivity index (χ1v) is 11.8. The van der Waals surface area contributed by atoms with Gasteiger partial charge in [0.1, 0.15) is 16.0 Å². The molecule has 0 N–H and O–H groups in total. The van der Waals surface area contributed by atoms with Crippen molar-refractivity contribution in [3.63, 3.8) is 0 Å². The molecule has 32 heavy (non-hydrogen) atoms. The molecule has 0 spiro atoms. The van der Waals surface area contributed by atoms with E-state index in [9.17, 15) is 18.5 Å². The van der Waals surface area contributed by atoms with Crippen LogP contribution in [0, 0.1) is 11.3 Å². The van der Waals surface area contributed by atoms with Crippen LogP contribution < -0.4 is 10.5 Å². The van der Waals surface area contributed by atoms with E-state index in [0.717, 1.165) is 0 Å². The molecule has 0 saturated carbocycles. The van der Waals surface area contributed by atoms with E-state index in [0.29, 0.717) is 24.5 Å². The van der Waals surface area contributed by atoms with E-state index in [4.69, 9.17) is 23.2 Å². The molecule has 1 aliphatic heterocycles. The van der Waals surface area contributed by atoms with E-state index >= 15 is 0 Å². The quantitative estimate of drug-likeness (QED) is 0.558. The number of piperazine rings is 1. The predicted octanol–water partition coefficient (Wildman–Crippen LogP) is 2.92. The van der Waals surface area contributed by atoms with Gasteiger partial charge in [0.2, 0.25) is 10.0 Å². The van der Waals surface area contributed by atoms with Gasteiger partial charge in [0, 0.05) is 31.2 Å². The Morgan fingerprint density at radius 2 is 1.69 bits per heavy atom. The maximum absolute atomic E-state index is 13.1. The highest BCUT2D eigenvalue weighted by Gasteiger charge is 2.31. The lowest BCUT2D eigenvalue weighted by Gasteiger charge is -2.35. The molecular formula is C21H17Cl2N5O3S. The second-order valence-corrected chi connectivity index (χ2v) is 9.76. The Balaban J connectivity index is 1.56. The fraction of sp³-hybridized carbons (Fsp3) is 0.190. The van der Waals surface area contributed by atoms with Crippen molar-refractivity contribution in [2.45, 2.75) is 4.90 Å². The minimum atomic E-state index is -3.91. The lowest BCUT2D eigenvalue weighted by atomic mass is 10.2. The van der Waals surface area contributed by atoms with Gasteiger partial charge < -0.3 is 4.90 Å². The van der Waals surface area contributed by atoms with Crippen molar-refractivity contribution in [3.05, 3.63) is 80.7 Å². The summed E-state index contributed by atoms with van der Waals surface area (Å²) in [4.78, 5) is 14.4. The largest absolute Gasteiger partial charge is 0.366 e. The highest BCUT2D eigenvalue weighted by Crippen LogP contribution is 2.27. The monoisotopic (exact) mass is 489 g/mol. The number of nitriles is 1. The van der Waals surface area contributed by atoms with Crippen molar-refractivity contribution in [1.82, 2.24) is 14.1 Å². The number of halogens is 2. The van der Waals surface area contributed by atoms with Crippen molar-refractivity contribution >= 4 is 38.9 Å². The Morgan fingerprint density at radius 1 is 1.00 bits per heavy atom. The van der Waals surface area contributed by atoms with E-state index in [-0.39, 0.29) is 33.6 Å². The van der Waals surface area contributed by atoms with Crippen molar-refractivity contribution in [3.8, 4) is 11.8 Å². The smallest absolute Gasteiger partial charge is 0.292 e. The third-order valence-corrected chi connectivity index (χ3v) is 7.69. The summed E-state index contributed by atoms with van der Waals surface area (Å²) in [7, 11) is -3.91. The summed E-state index contributed by atoms with van der Waals surface area (Å²) in [6.45, 7) is 0.908. The summed E-state index contributed by atoms with van der Waals surface area (Å²) in [5.41, 5.74) is 0.620.